The summed E-state index contributed by atoms with van der Waals surface area (Å²) in [7, 11) is 0. The van der Waals surface area contributed by atoms with Gasteiger partial charge in [0.15, 0.2) is 5.78 Å². The van der Waals surface area contributed by atoms with Crippen LogP contribution in [0.3, 0.4) is 0 Å². The van der Waals surface area contributed by atoms with Crippen LogP contribution in [0.15, 0.2) is 54.7 Å². The van der Waals surface area contributed by atoms with Gasteiger partial charge in [-0.25, -0.2) is 9.37 Å². The van der Waals surface area contributed by atoms with Gasteiger partial charge in [-0.3, -0.25) is 4.79 Å². The van der Waals surface area contributed by atoms with Crippen molar-refractivity contribution in [1.82, 2.24) is 9.97 Å². The molecule has 0 aliphatic rings. The molecule has 3 nitrogen and oxygen atoms in total. The summed E-state index contributed by atoms with van der Waals surface area (Å²) >= 11 is 0. The number of aromatic amines is 1. The van der Waals surface area contributed by atoms with Crippen LogP contribution in [0.25, 0.3) is 22.6 Å². The maximum atomic E-state index is 14.1. The lowest BCUT2D eigenvalue weighted by Crippen LogP contribution is -1.95. The molecule has 0 saturated heterocycles. The third kappa shape index (κ3) is 2.60. The zero-order valence-corrected chi connectivity index (χ0v) is 11.4. The molecular formula is C17H13FN2O. The molecule has 1 aromatic heterocycles. The second kappa shape index (κ2) is 5.32. The molecule has 0 aliphatic carbocycles. The lowest BCUT2D eigenvalue weighted by atomic mass is 10.1. The molecule has 1 N–H and O–H groups in total. The number of halogens is 1. The Labute approximate surface area is 121 Å². The molecule has 0 atom stereocenters. The Balaban J connectivity index is 1.99. The third-order valence-electron chi connectivity index (χ3n) is 3.28. The number of benzene rings is 2. The summed E-state index contributed by atoms with van der Waals surface area (Å²) < 4.78 is 14.1. The second-order valence-corrected chi connectivity index (χ2v) is 4.75. The van der Waals surface area contributed by atoms with Gasteiger partial charge in [-0.05, 0) is 19.1 Å². The van der Waals surface area contributed by atoms with Gasteiger partial charge in [0.2, 0.25) is 0 Å². The number of imidazole rings is 1. The van der Waals surface area contributed by atoms with E-state index in [9.17, 15) is 9.18 Å². The Bertz CT molecular complexity index is 794. The highest BCUT2D eigenvalue weighted by atomic mass is 19.1. The molecule has 0 saturated carbocycles. The van der Waals surface area contributed by atoms with Gasteiger partial charge in [-0.1, -0.05) is 36.4 Å². The lowest BCUT2D eigenvalue weighted by molar-refractivity contribution is 0.101. The van der Waals surface area contributed by atoms with Gasteiger partial charge in [0, 0.05) is 17.3 Å². The first kappa shape index (κ1) is 13.2. The first-order chi connectivity index (χ1) is 10.1. The maximum absolute atomic E-state index is 14.1. The minimum absolute atomic E-state index is 0.162. The monoisotopic (exact) mass is 280 g/mol. The SMILES string of the molecule is CC(=O)c1ccc(-c2nc(-c3ccccc3)c[nH]2)c(F)c1. The van der Waals surface area contributed by atoms with Crippen LogP contribution in [0, 0.1) is 5.82 Å². The number of nitrogens with zero attached hydrogens (tertiary/aromatic N) is 1. The van der Waals surface area contributed by atoms with E-state index in [0.29, 0.717) is 17.0 Å². The van der Waals surface area contributed by atoms with E-state index in [0.717, 1.165) is 11.3 Å². The molecule has 0 bridgehead atoms. The highest BCUT2D eigenvalue weighted by Gasteiger charge is 2.12. The van der Waals surface area contributed by atoms with Gasteiger partial charge < -0.3 is 4.98 Å². The van der Waals surface area contributed by atoms with Crippen molar-refractivity contribution in [3.05, 3.63) is 66.1 Å². The largest absolute Gasteiger partial charge is 0.344 e. The van der Waals surface area contributed by atoms with Crippen LogP contribution in [-0.4, -0.2) is 15.8 Å². The Kier molecular flexibility index (Phi) is 3.36. The molecule has 0 unspecified atom stereocenters. The zero-order valence-electron chi connectivity index (χ0n) is 11.4. The van der Waals surface area contributed by atoms with Crippen LogP contribution in [0.4, 0.5) is 4.39 Å². The minimum atomic E-state index is -0.461. The molecule has 0 radical (unpaired) electrons. The molecule has 104 valence electrons. The van der Waals surface area contributed by atoms with Crippen molar-refractivity contribution in [2.24, 2.45) is 0 Å². The average Bonchev–Trinajstić information content (AvgIpc) is 2.97. The van der Waals surface area contributed by atoms with E-state index in [-0.39, 0.29) is 5.78 Å². The standard InChI is InChI=1S/C17H13FN2O/c1-11(21)13-7-8-14(15(18)9-13)17-19-10-16(20-17)12-5-3-2-4-6-12/h2-10H,1H3,(H,19,20). The predicted molar refractivity (Wildman–Crippen MR) is 79.4 cm³/mol. The Morgan fingerprint density at radius 3 is 2.57 bits per heavy atom. The summed E-state index contributed by atoms with van der Waals surface area (Å²) in [6.07, 6.45) is 1.74. The number of rotatable bonds is 3. The Hall–Kier alpha value is -2.75. The second-order valence-electron chi connectivity index (χ2n) is 4.75. The summed E-state index contributed by atoms with van der Waals surface area (Å²) in [5, 5.41) is 0. The van der Waals surface area contributed by atoms with Crippen LogP contribution in [0.5, 0.6) is 0 Å². The summed E-state index contributed by atoms with van der Waals surface area (Å²) in [5.74, 6) is -0.178. The van der Waals surface area contributed by atoms with E-state index < -0.39 is 5.82 Å². The molecule has 0 fully saturated rings. The Morgan fingerprint density at radius 1 is 1.14 bits per heavy atom. The molecule has 1 heterocycles. The quantitative estimate of drug-likeness (QED) is 0.735. The summed E-state index contributed by atoms with van der Waals surface area (Å²) in [5.41, 5.74) is 2.41. The van der Waals surface area contributed by atoms with E-state index >= 15 is 0 Å². The van der Waals surface area contributed by atoms with Crippen molar-refractivity contribution in [3.8, 4) is 22.6 Å². The number of carbonyl (C=O) groups excluding carboxylic acids is 1. The van der Waals surface area contributed by atoms with Gasteiger partial charge in [-0.2, -0.15) is 0 Å². The summed E-state index contributed by atoms with van der Waals surface area (Å²) in [6.45, 7) is 1.41. The average molecular weight is 280 g/mol. The van der Waals surface area contributed by atoms with Gasteiger partial charge >= 0.3 is 0 Å². The van der Waals surface area contributed by atoms with Gasteiger partial charge in [0.05, 0.1) is 11.3 Å². The van der Waals surface area contributed by atoms with E-state index in [2.05, 4.69) is 9.97 Å². The van der Waals surface area contributed by atoms with Gasteiger partial charge in [-0.15, -0.1) is 0 Å². The third-order valence-corrected chi connectivity index (χ3v) is 3.28. The molecule has 3 aromatic rings. The fourth-order valence-electron chi connectivity index (χ4n) is 2.14. The van der Waals surface area contributed by atoms with Crippen molar-refractivity contribution in [3.63, 3.8) is 0 Å². The number of hydrogen-bond acceptors (Lipinski definition) is 2. The number of nitrogens with one attached hydrogen (secondary N) is 1. The number of Topliss-reactive ketones (excluding diaryl/α,β-unsaturated/α-hetero) is 1. The normalized spacial score (nSPS) is 10.6. The zero-order chi connectivity index (χ0) is 14.8. The molecule has 0 spiro atoms. The topological polar surface area (TPSA) is 45.8 Å². The highest BCUT2D eigenvalue weighted by molar-refractivity contribution is 5.94. The smallest absolute Gasteiger partial charge is 0.159 e. The molecule has 0 amide bonds. The fraction of sp³-hybridized carbons (Fsp3) is 0.0588. The highest BCUT2D eigenvalue weighted by Crippen LogP contribution is 2.24. The number of carbonyl (C=O) groups is 1. The number of ketones is 1. The van der Waals surface area contributed by atoms with Crippen LogP contribution in [-0.2, 0) is 0 Å². The molecular weight excluding hydrogens is 267 g/mol. The lowest BCUT2D eigenvalue weighted by Gasteiger charge is -2.01. The van der Waals surface area contributed by atoms with E-state index in [1.807, 2.05) is 30.3 Å². The maximum Gasteiger partial charge on any atom is 0.159 e. The van der Waals surface area contributed by atoms with Gasteiger partial charge in [0.1, 0.15) is 11.6 Å². The molecule has 21 heavy (non-hydrogen) atoms. The molecule has 3 rings (SSSR count). The fourth-order valence-corrected chi connectivity index (χ4v) is 2.14. The van der Waals surface area contributed by atoms with Crippen molar-refractivity contribution >= 4 is 5.78 Å². The van der Waals surface area contributed by atoms with Crippen molar-refractivity contribution in [2.75, 3.05) is 0 Å². The van der Waals surface area contributed by atoms with Crippen molar-refractivity contribution in [1.29, 1.82) is 0 Å². The summed E-state index contributed by atoms with van der Waals surface area (Å²) in [4.78, 5) is 18.6. The minimum Gasteiger partial charge on any atom is -0.344 e. The predicted octanol–water partition coefficient (Wildman–Crippen LogP) is 4.09. The first-order valence-electron chi connectivity index (χ1n) is 6.57. The van der Waals surface area contributed by atoms with Crippen LogP contribution >= 0.6 is 0 Å². The number of H-pyrrole nitrogens is 1. The van der Waals surface area contributed by atoms with Gasteiger partial charge in [0.25, 0.3) is 0 Å². The Morgan fingerprint density at radius 2 is 1.90 bits per heavy atom. The number of hydrogen-bond donors (Lipinski definition) is 1. The molecule has 0 aliphatic heterocycles. The van der Waals surface area contributed by atoms with E-state index in [1.54, 1.807) is 18.3 Å². The molecule has 4 heteroatoms. The first-order valence-corrected chi connectivity index (χ1v) is 6.57. The van der Waals surface area contributed by atoms with E-state index in [1.165, 1.54) is 13.0 Å². The van der Waals surface area contributed by atoms with Crippen molar-refractivity contribution in [2.45, 2.75) is 6.92 Å². The van der Waals surface area contributed by atoms with Crippen molar-refractivity contribution < 1.29 is 9.18 Å². The number of aromatic nitrogens is 2. The van der Waals surface area contributed by atoms with Crippen LogP contribution in [0.2, 0.25) is 0 Å². The van der Waals surface area contributed by atoms with E-state index in [4.69, 9.17) is 0 Å². The van der Waals surface area contributed by atoms with Crippen LogP contribution in [0.1, 0.15) is 17.3 Å². The molecule has 2 aromatic carbocycles. The summed E-state index contributed by atoms with van der Waals surface area (Å²) in [6, 6.07) is 14.1. The van der Waals surface area contributed by atoms with Crippen LogP contribution < -0.4 is 0 Å².